The number of hydrogen-bond donors (Lipinski definition) is 1. The highest BCUT2D eigenvalue weighted by atomic mass is 16.2. The van der Waals surface area contributed by atoms with Gasteiger partial charge >= 0.3 is 0 Å². The Morgan fingerprint density at radius 3 is 2.82 bits per heavy atom. The van der Waals surface area contributed by atoms with Gasteiger partial charge in [0, 0.05) is 55.6 Å². The Morgan fingerprint density at radius 1 is 1.25 bits per heavy atom. The molecule has 1 atom stereocenters. The highest BCUT2D eigenvalue weighted by Crippen LogP contribution is 2.33. The topological polar surface area (TPSA) is 66.8 Å². The standard InChI is InChI=1S/C22H27N5O/c1-16-5-7-18(8-6-16)20-14-24-25-22(20)19-4-3-11-27(15-19)21(28)9-12-26-13-10-23-17(26)2/h5-8,10,13-14,19H,3-4,9,11-12,15H2,1-2H3,(H,24,25)/t19-/m0/s1. The molecule has 1 fully saturated rings. The summed E-state index contributed by atoms with van der Waals surface area (Å²) in [6, 6.07) is 8.54. The van der Waals surface area contributed by atoms with Gasteiger partial charge < -0.3 is 9.47 Å². The number of carbonyl (C=O) groups is 1. The first-order valence-corrected chi connectivity index (χ1v) is 9.97. The Hall–Kier alpha value is -2.89. The molecule has 6 nitrogen and oxygen atoms in total. The summed E-state index contributed by atoms with van der Waals surface area (Å²) >= 11 is 0. The molecule has 0 unspecified atom stereocenters. The molecular weight excluding hydrogens is 350 g/mol. The number of aryl methyl sites for hydroxylation is 3. The summed E-state index contributed by atoms with van der Waals surface area (Å²) in [7, 11) is 0. The minimum absolute atomic E-state index is 0.217. The van der Waals surface area contributed by atoms with Crippen molar-refractivity contribution in [2.24, 2.45) is 0 Å². The molecule has 0 radical (unpaired) electrons. The van der Waals surface area contributed by atoms with Crippen LogP contribution >= 0.6 is 0 Å². The van der Waals surface area contributed by atoms with Crippen LogP contribution in [0.4, 0.5) is 0 Å². The molecule has 0 aliphatic carbocycles. The fraction of sp³-hybridized carbons (Fsp3) is 0.409. The van der Waals surface area contributed by atoms with Crippen LogP contribution in [0.25, 0.3) is 11.1 Å². The number of amides is 1. The van der Waals surface area contributed by atoms with E-state index in [1.807, 2.05) is 28.8 Å². The number of likely N-dealkylation sites (tertiary alicyclic amines) is 1. The SMILES string of the molecule is Cc1ccc(-c2cn[nH]c2[C@H]2CCCN(C(=O)CCn3ccnc3C)C2)cc1. The number of benzene rings is 1. The van der Waals surface area contributed by atoms with Gasteiger partial charge in [0.2, 0.25) is 5.91 Å². The summed E-state index contributed by atoms with van der Waals surface area (Å²) in [5.74, 6) is 1.46. The normalized spacial score (nSPS) is 17.1. The average molecular weight is 377 g/mol. The van der Waals surface area contributed by atoms with Gasteiger partial charge in [-0.1, -0.05) is 29.8 Å². The molecule has 0 bridgehead atoms. The number of hydrogen-bond acceptors (Lipinski definition) is 3. The Kier molecular flexibility index (Phi) is 5.28. The smallest absolute Gasteiger partial charge is 0.224 e. The molecule has 1 amide bonds. The lowest BCUT2D eigenvalue weighted by molar-refractivity contribution is -0.132. The van der Waals surface area contributed by atoms with Crippen molar-refractivity contribution in [1.29, 1.82) is 0 Å². The van der Waals surface area contributed by atoms with Crippen LogP contribution < -0.4 is 0 Å². The van der Waals surface area contributed by atoms with E-state index in [0.29, 0.717) is 18.9 Å². The second-order valence-electron chi connectivity index (χ2n) is 7.66. The molecule has 1 saturated heterocycles. The van der Waals surface area contributed by atoms with E-state index in [4.69, 9.17) is 0 Å². The van der Waals surface area contributed by atoms with Crippen LogP contribution in [0.5, 0.6) is 0 Å². The summed E-state index contributed by atoms with van der Waals surface area (Å²) in [4.78, 5) is 19.0. The molecule has 146 valence electrons. The summed E-state index contributed by atoms with van der Waals surface area (Å²) in [5.41, 5.74) is 4.71. The van der Waals surface area contributed by atoms with Crippen molar-refractivity contribution in [2.75, 3.05) is 13.1 Å². The Bertz CT molecular complexity index is 940. The molecule has 4 rings (SSSR count). The minimum atomic E-state index is 0.217. The molecule has 1 aliphatic heterocycles. The lowest BCUT2D eigenvalue weighted by atomic mass is 9.90. The zero-order valence-corrected chi connectivity index (χ0v) is 16.6. The van der Waals surface area contributed by atoms with Gasteiger partial charge in [-0.25, -0.2) is 4.98 Å². The fourth-order valence-electron chi connectivity index (χ4n) is 4.02. The van der Waals surface area contributed by atoms with E-state index in [1.165, 1.54) is 11.1 Å². The van der Waals surface area contributed by atoms with Crippen LogP contribution in [0.3, 0.4) is 0 Å². The molecular formula is C22H27N5O. The molecule has 0 saturated carbocycles. The highest BCUT2D eigenvalue weighted by molar-refractivity contribution is 5.76. The first-order chi connectivity index (χ1) is 13.6. The molecule has 1 N–H and O–H groups in total. The lowest BCUT2D eigenvalue weighted by Gasteiger charge is -2.33. The second kappa shape index (κ2) is 8.00. The number of carbonyl (C=O) groups excluding carboxylic acids is 1. The Balaban J connectivity index is 1.44. The predicted molar refractivity (Wildman–Crippen MR) is 109 cm³/mol. The van der Waals surface area contributed by atoms with Crippen molar-refractivity contribution >= 4 is 5.91 Å². The maximum Gasteiger partial charge on any atom is 0.224 e. The van der Waals surface area contributed by atoms with Crippen molar-refractivity contribution in [2.45, 2.75) is 45.6 Å². The second-order valence-corrected chi connectivity index (χ2v) is 7.66. The van der Waals surface area contributed by atoms with Gasteiger partial charge in [-0.3, -0.25) is 9.89 Å². The minimum Gasteiger partial charge on any atom is -0.342 e. The number of aromatic nitrogens is 4. The zero-order chi connectivity index (χ0) is 19.5. The Morgan fingerprint density at radius 2 is 2.07 bits per heavy atom. The first-order valence-electron chi connectivity index (χ1n) is 9.97. The molecule has 1 aromatic carbocycles. The number of H-pyrrole nitrogens is 1. The third kappa shape index (κ3) is 3.86. The number of nitrogens with one attached hydrogen (secondary N) is 1. The fourth-order valence-corrected chi connectivity index (χ4v) is 4.02. The number of piperidine rings is 1. The van der Waals surface area contributed by atoms with Gasteiger partial charge in [-0.05, 0) is 32.3 Å². The summed E-state index contributed by atoms with van der Waals surface area (Å²) in [5, 5.41) is 7.52. The van der Waals surface area contributed by atoms with Gasteiger partial charge in [0.1, 0.15) is 5.82 Å². The molecule has 1 aliphatic rings. The maximum absolute atomic E-state index is 12.8. The van der Waals surface area contributed by atoms with Gasteiger partial charge in [0.05, 0.1) is 6.20 Å². The van der Waals surface area contributed by atoms with E-state index in [1.54, 1.807) is 6.20 Å². The average Bonchev–Trinajstić information content (AvgIpc) is 3.36. The van der Waals surface area contributed by atoms with Gasteiger partial charge in [-0.2, -0.15) is 5.10 Å². The monoisotopic (exact) mass is 377 g/mol. The molecule has 3 heterocycles. The summed E-state index contributed by atoms with van der Waals surface area (Å²) < 4.78 is 2.03. The van der Waals surface area contributed by atoms with Crippen molar-refractivity contribution < 1.29 is 4.79 Å². The summed E-state index contributed by atoms with van der Waals surface area (Å²) in [6.45, 7) is 6.34. The number of rotatable bonds is 5. The number of imidazole rings is 1. The van der Waals surface area contributed by atoms with Crippen molar-refractivity contribution in [3.8, 4) is 11.1 Å². The molecule has 6 heteroatoms. The van der Waals surface area contributed by atoms with E-state index in [-0.39, 0.29) is 5.91 Å². The van der Waals surface area contributed by atoms with Crippen molar-refractivity contribution in [3.63, 3.8) is 0 Å². The number of nitrogens with zero attached hydrogens (tertiary/aromatic N) is 4. The first kappa shape index (κ1) is 18.5. The third-order valence-corrected chi connectivity index (χ3v) is 5.70. The van der Waals surface area contributed by atoms with Crippen molar-refractivity contribution in [3.05, 3.63) is 59.9 Å². The van der Waals surface area contributed by atoms with Gasteiger partial charge in [0.25, 0.3) is 0 Å². The molecule has 28 heavy (non-hydrogen) atoms. The van der Waals surface area contributed by atoms with E-state index < -0.39 is 0 Å². The van der Waals surface area contributed by atoms with E-state index >= 15 is 0 Å². The van der Waals surface area contributed by atoms with Crippen molar-refractivity contribution in [1.82, 2.24) is 24.6 Å². The van der Waals surface area contributed by atoms with Crippen LogP contribution in [0.2, 0.25) is 0 Å². The predicted octanol–water partition coefficient (Wildman–Crippen LogP) is 3.69. The third-order valence-electron chi connectivity index (χ3n) is 5.70. The van der Waals surface area contributed by atoms with Crippen LogP contribution in [0, 0.1) is 13.8 Å². The van der Waals surface area contributed by atoms with E-state index in [0.717, 1.165) is 43.0 Å². The number of aromatic amines is 1. The van der Waals surface area contributed by atoms with Crippen LogP contribution in [0.15, 0.2) is 42.9 Å². The molecule has 0 spiro atoms. The zero-order valence-electron chi connectivity index (χ0n) is 16.6. The van der Waals surface area contributed by atoms with Crippen LogP contribution in [-0.2, 0) is 11.3 Å². The van der Waals surface area contributed by atoms with Gasteiger partial charge in [-0.15, -0.1) is 0 Å². The largest absolute Gasteiger partial charge is 0.342 e. The Labute approximate surface area is 165 Å². The summed E-state index contributed by atoms with van der Waals surface area (Å²) in [6.07, 6.45) is 8.22. The van der Waals surface area contributed by atoms with Gasteiger partial charge in [0.15, 0.2) is 0 Å². The van der Waals surface area contributed by atoms with E-state index in [2.05, 4.69) is 46.4 Å². The van der Waals surface area contributed by atoms with Crippen LogP contribution in [-0.4, -0.2) is 43.6 Å². The maximum atomic E-state index is 12.8. The molecule has 3 aromatic rings. The quantitative estimate of drug-likeness (QED) is 0.737. The molecule has 2 aromatic heterocycles. The van der Waals surface area contributed by atoms with E-state index in [9.17, 15) is 4.79 Å². The lowest BCUT2D eigenvalue weighted by Crippen LogP contribution is -2.39. The highest BCUT2D eigenvalue weighted by Gasteiger charge is 2.27. The van der Waals surface area contributed by atoms with Crippen LogP contribution in [0.1, 0.15) is 42.3 Å².